The summed E-state index contributed by atoms with van der Waals surface area (Å²) >= 11 is 4.57. The van der Waals surface area contributed by atoms with Gasteiger partial charge in [0.25, 0.3) is 5.91 Å². The second kappa shape index (κ2) is 4.38. The van der Waals surface area contributed by atoms with Gasteiger partial charge < -0.3 is 10.1 Å². The number of nitrogens with two attached hydrogens (primary N) is 1. The highest BCUT2D eigenvalue weighted by Gasteiger charge is 2.10. The van der Waals surface area contributed by atoms with E-state index in [4.69, 9.17) is 5.73 Å². The van der Waals surface area contributed by atoms with Crippen LogP contribution in [0.5, 0.6) is 0 Å². The lowest BCUT2D eigenvalue weighted by Gasteiger charge is -2.02. The summed E-state index contributed by atoms with van der Waals surface area (Å²) in [6.07, 6.45) is 3.47. The molecule has 88 valence electrons. The highest BCUT2D eigenvalue weighted by Crippen LogP contribution is 2.07. The van der Waals surface area contributed by atoms with Crippen LogP contribution in [0.1, 0.15) is 16.1 Å². The zero-order chi connectivity index (χ0) is 12.4. The first kappa shape index (κ1) is 11.3. The van der Waals surface area contributed by atoms with Crippen LogP contribution in [0.3, 0.4) is 0 Å². The van der Waals surface area contributed by atoms with E-state index in [-0.39, 0.29) is 11.0 Å². The first-order valence-corrected chi connectivity index (χ1v) is 5.28. The molecule has 0 unspecified atom stereocenters. The number of fused-ring (bicyclic) bond motifs is 1. The Morgan fingerprint density at radius 3 is 3.00 bits per heavy atom. The van der Waals surface area contributed by atoms with E-state index in [1.54, 1.807) is 10.6 Å². The van der Waals surface area contributed by atoms with Crippen LogP contribution in [0, 0.1) is 6.92 Å². The fourth-order valence-electron chi connectivity index (χ4n) is 1.38. The molecule has 0 bridgehead atoms. The number of carbonyl (C=O) groups is 1. The molecule has 0 saturated heterocycles. The zero-order valence-corrected chi connectivity index (χ0v) is 9.91. The molecular formula is C10H11N5OS. The van der Waals surface area contributed by atoms with Gasteiger partial charge in [-0.3, -0.25) is 15.6 Å². The predicted octanol–water partition coefficient (Wildman–Crippen LogP) is 0.121. The molecule has 0 saturated carbocycles. The molecule has 0 aliphatic carbocycles. The Morgan fingerprint density at radius 1 is 1.53 bits per heavy atom. The second-order valence-electron chi connectivity index (χ2n) is 3.54. The molecule has 0 fully saturated rings. The molecule has 0 atom stereocenters. The summed E-state index contributed by atoms with van der Waals surface area (Å²) in [5.74, 6) is -0.390. The number of nitrogens with zero attached hydrogens (tertiary/aromatic N) is 2. The molecule has 2 rings (SSSR count). The van der Waals surface area contributed by atoms with Crippen LogP contribution in [-0.2, 0) is 0 Å². The minimum absolute atomic E-state index is 0.00189. The molecule has 1 amide bonds. The van der Waals surface area contributed by atoms with Crippen molar-refractivity contribution in [2.24, 2.45) is 5.73 Å². The third-order valence-electron chi connectivity index (χ3n) is 2.15. The van der Waals surface area contributed by atoms with Crippen molar-refractivity contribution in [1.82, 2.24) is 20.2 Å². The number of pyridine rings is 1. The van der Waals surface area contributed by atoms with Crippen LogP contribution >= 0.6 is 12.2 Å². The molecule has 2 heterocycles. The van der Waals surface area contributed by atoms with Crippen molar-refractivity contribution in [1.29, 1.82) is 0 Å². The Bertz CT molecular complexity index is 591. The lowest BCUT2D eigenvalue weighted by atomic mass is 10.3. The number of carbonyl (C=O) groups excluding carboxylic acids is 1. The average Bonchev–Trinajstić information content (AvgIpc) is 2.68. The van der Waals surface area contributed by atoms with Gasteiger partial charge in [-0.1, -0.05) is 0 Å². The van der Waals surface area contributed by atoms with Crippen molar-refractivity contribution >= 4 is 28.9 Å². The first-order valence-electron chi connectivity index (χ1n) is 4.87. The number of aryl methyl sites for hydroxylation is 1. The van der Waals surface area contributed by atoms with E-state index >= 15 is 0 Å². The monoisotopic (exact) mass is 249 g/mol. The quantitative estimate of drug-likeness (QED) is 0.494. The van der Waals surface area contributed by atoms with Gasteiger partial charge in [-0.2, -0.15) is 0 Å². The number of nitrogens with one attached hydrogen (secondary N) is 2. The van der Waals surface area contributed by atoms with Crippen molar-refractivity contribution in [2.45, 2.75) is 6.92 Å². The second-order valence-corrected chi connectivity index (χ2v) is 3.98. The Balaban J connectivity index is 2.24. The zero-order valence-electron chi connectivity index (χ0n) is 9.10. The van der Waals surface area contributed by atoms with Crippen molar-refractivity contribution in [3.63, 3.8) is 0 Å². The summed E-state index contributed by atoms with van der Waals surface area (Å²) in [6.45, 7) is 1.96. The minimum Gasteiger partial charge on any atom is -0.375 e. The number of imidazole rings is 1. The lowest BCUT2D eigenvalue weighted by molar-refractivity contribution is 0.0939. The molecule has 2 aromatic rings. The molecule has 0 aromatic carbocycles. The third-order valence-corrected chi connectivity index (χ3v) is 2.25. The molecule has 4 N–H and O–H groups in total. The standard InChI is InChI=1S/C10H11N5OS/c1-6-2-3-15-5-7(12-8(15)4-6)9(16)13-14-10(11)17/h2-5H,1H3,(H,13,16)(H3,11,14,17). The van der Waals surface area contributed by atoms with Crippen LogP contribution in [-0.4, -0.2) is 20.4 Å². The number of hydrazine groups is 1. The van der Waals surface area contributed by atoms with E-state index in [0.29, 0.717) is 11.3 Å². The Kier molecular flexibility index (Phi) is 2.92. The van der Waals surface area contributed by atoms with E-state index in [1.807, 2.05) is 25.3 Å². The average molecular weight is 249 g/mol. The van der Waals surface area contributed by atoms with Gasteiger partial charge in [-0.15, -0.1) is 0 Å². The number of hydrogen-bond donors (Lipinski definition) is 3. The molecule has 17 heavy (non-hydrogen) atoms. The van der Waals surface area contributed by atoms with E-state index in [1.165, 1.54) is 0 Å². The molecule has 0 radical (unpaired) electrons. The minimum atomic E-state index is -0.390. The van der Waals surface area contributed by atoms with Gasteiger partial charge >= 0.3 is 0 Å². The summed E-state index contributed by atoms with van der Waals surface area (Å²) in [7, 11) is 0. The van der Waals surface area contributed by atoms with Crippen LogP contribution in [0.4, 0.5) is 0 Å². The SMILES string of the molecule is Cc1ccn2cc(C(=O)NNC(N)=S)nc2c1. The van der Waals surface area contributed by atoms with Gasteiger partial charge in [-0.25, -0.2) is 4.98 Å². The van der Waals surface area contributed by atoms with Crippen LogP contribution < -0.4 is 16.6 Å². The number of rotatable bonds is 1. The molecule has 7 heteroatoms. The maximum Gasteiger partial charge on any atom is 0.289 e. The predicted molar refractivity (Wildman–Crippen MR) is 67.3 cm³/mol. The van der Waals surface area contributed by atoms with E-state index in [0.717, 1.165) is 5.56 Å². The van der Waals surface area contributed by atoms with Gasteiger partial charge in [0, 0.05) is 12.4 Å². The third kappa shape index (κ3) is 2.51. The highest BCUT2D eigenvalue weighted by atomic mass is 32.1. The van der Waals surface area contributed by atoms with Crippen LogP contribution in [0.15, 0.2) is 24.5 Å². The van der Waals surface area contributed by atoms with E-state index in [9.17, 15) is 4.79 Å². The van der Waals surface area contributed by atoms with Crippen molar-refractivity contribution in [3.05, 3.63) is 35.8 Å². The molecule has 2 aromatic heterocycles. The van der Waals surface area contributed by atoms with Gasteiger partial charge in [0.05, 0.1) is 0 Å². The summed E-state index contributed by atoms with van der Waals surface area (Å²) in [5, 5.41) is -0.00189. The number of aromatic nitrogens is 2. The summed E-state index contributed by atoms with van der Waals surface area (Å²) in [5.41, 5.74) is 12.0. The molecular weight excluding hydrogens is 238 g/mol. The van der Waals surface area contributed by atoms with E-state index in [2.05, 4.69) is 28.1 Å². The lowest BCUT2D eigenvalue weighted by Crippen LogP contribution is -2.44. The fraction of sp³-hybridized carbons (Fsp3) is 0.100. The topological polar surface area (TPSA) is 84.5 Å². The van der Waals surface area contributed by atoms with Gasteiger partial charge in [-0.05, 0) is 36.8 Å². The molecule has 0 spiro atoms. The molecule has 6 nitrogen and oxygen atoms in total. The van der Waals surface area contributed by atoms with Crippen molar-refractivity contribution < 1.29 is 4.79 Å². The first-order chi connectivity index (χ1) is 8.06. The maximum atomic E-state index is 11.6. The normalized spacial score (nSPS) is 10.2. The van der Waals surface area contributed by atoms with E-state index < -0.39 is 0 Å². The smallest absolute Gasteiger partial charge is 0.289 e. The number of hydrogen-bond acceptors (Lipinski definition) is 3. The van der Waals surface area contributed by atoms with Crippen molar-refractivity contribution in [2.75, 3.05) is 0 Å². The van der Waals surface area contributed by atoms with Gasteiger partial charge in [0.15, 0.2) is 5.11 Å². The molecule has 0 aliphatic rings. The Labute approximate surface area is 103 Å². The van der Waals surface area contributed by atoms with Gasteiger partial charge in [0.2, 0.25) is 0 Å². The van der Waals surface area contributed by atoms with Crippen LogP contribution in [0.2, 0.25) is 0 Å². The largest absolute Gasteiger partial charge is 0.375 e. The highest BCUT2D eigenvalue weighted by molar-refractivity contribution is 7.80. The molecule has 0 aliphatic heterocycles. The van der Waals surface area contributed by atoms with Crippen molar-refractivity contribution in [3.8, 4) is 0 Å². The Hall–Kier alpha value is -2.15. The fourth-order valence-corrected chi connectivity index (χ4v) is 1.43. The van der Waals surface area contributed by atoms with Crippen LogP contribution in [0.25, 0.3) is 5.65 Å². The summed E-state index contributed by atoms with van der Waals surface area (Å²) in [4.78, 5) is 15.8. The van der Waals surface area contributed by atoms with Gasteiger partial charge in [0.1, 0.15) is 11.3 Å². The summed E-state index contributed by atoms with van der Waals surface area (Å²) in [6, 6.07) is 3.82. The maximum absolute atomic E-state index is 11.6. The summed E-state index contributed by atoms with van der Waals surface area (Å²) < 4.78 is 1.77. The Morgan fingerprint density at radius 2 is 2.29 bits per heavy atom. The number of thiocarbonyl (C=S) groups is 1. The number of amides is 1.